The highest BCUT2D eigenvalue weighted by molar-refractivity contribution is 9.10. The second kappa shape index (κ2) is 4.79. The Morgan fingerprint density at radius 2 is 2.47 bits per heavy atom. The molecule has 1 amide bonds. The number of carbonyl (C=O) groups is 1. The van der Waals surface area contributed by atoms with Crippen molar-refractivity contribution in [1.82, 2.24) is 4.90 Å². The molecule has 0 aromatic carbocycles. The third-order valence-electron chi connectivity index (χ3n) is 2.82. The lowest BCUT2D eigenvalue weighted by molar-refractivity contribution is 0.0766. The third kappa shape index (κ3) is 2.14. The Kier molecular flexibility index (Phi) is 3.37. The number of carbonyl (C=O) groups excluding carboxylic acids is 1. The van der Waals surface area contributed by atoms with E-state index in [1.54, 1.807) is 11.0 Å². The number of rotatable bonds is 2. The molecule has 0 radical (unpaired) electrons. The molecule has 2 rings (SSSR count). The Bertz CT molecular complexity index is 457. The lowest BCUT2D eigenvalue weighted by atomic mass is 10.2. The number of likely N-dealkylation sites (tertiary alicyclic amines) is 1. The number of furan rings is 1. The van der Waals surface area contributed by atoms with Crippen LogP contribution in [-0.4, -0.2) is 34.4 Å². The highest BCUT2D eigenvalue weighted by atomic mass is 79.9. The van der Waals surface area contributed by atoms with E-state index in [4.69, 9.17) is 15.4 Å². The van der Waals surface area contributed by atoms with Gasteiger partial charge in [0.15, 0.2) is 10.5 Å². The molecule has 0 saturated carbocycles. The van der Waals surface area contributed by atoms with Gasteiger partial charge < -0.3 is 20.3 Å². The molecule has 3 N–H and O–H groups in total. The molecule has 0 spiro atoms. The molecule has 1 saturated heterocycles. The van der Waals surface area contributed by atoms with E-state index in [9.17, 15) is 4.79 Å². The number of nitrogens with zero attached hydrogens (tertiary/aromatic N) is 2. The summed E-state index contributed by atoms with van der Waals surface area (Å²) >= 11 is 3.16. The molecule has 6 nitrogen and oxygen atoms in total. The van der Waals surface area contributed by atoms with Crippen molar-refractivity contribution in [3.05, 3.63) is 22.6 Å². The smallest absolute Gasteiger partial charge is 0.258 e. The van der Waals surface area contributed by atoms with Gasteiger partial charge in [0.25, 0.3) is 5.91 Å². The van der Waals surface area contributed by atoms with E-state index in [0.717, 1.165) is 6.42 Å². The molecule has 0 bridgehead atoms. The molecule has 1 aromatic rings. The molecular formula is C10H12BrN3O3. The van der Waals surface area contributed by atoms with Crippen LogP contribution in [0.1, 0.15) is 23.2 Å². The van der Waals surface area contributed by atoms with Crippen molar-refractivity contribution in [1.29, 1.82) is 0 Å². The van der Waals surface area contributed by atoms with Crippen LogP contribution in [0, 0.1) is 0 Å². The standard InChI is InChI=1S/C10H12BrN3O3/c11-8-6(3-5-17-8)10(15)14-4-1-2-7(14)9(12)13-16/h3,5,7,16H,1-2,4H2,(H2,12,13). The van der Waals surface area contributed by atoms with E-state index < -0.39 is 0 Å². The van der Waals surface area contributed by atoms with E-state index in [0.29, 0.717) is 23.2 Å². The van der Waals surface area contributed by atoms with E-state index in [1.165, 1.54) is 6.26 Å². The van der Waals surface area contributed by atoms with E-state index in [2.05, 4.69) is 21.1 Å². The fourth-order valence-corrected chi connectivity index (χ4v) is 2.39. The predicted octanol–water partition coefficient (Wildman–Crippen LogP) is 1.39. The maximum Gasteiger partial charge on any atom is 0.258 e. The van der Waals surface area contributed by atoms with E-state index >= 15 is 0 Å². The van der Waals surface area contributed by atoms with Crippen molar-refractivity contribution < 1.29 is 14.4 Å². The highest BCUT2D eigenvalue weighted by Gasteiger charge is 2.33. The predicted molar refractivity (Wildman–Crippen MR) is 63.9 cm³/mol. The van der Waals surface area contributed by atoms with Crippen molar-refractivity contribution in [2.24, 2.45) is 10.9 Å². The molecule has 92 valence electrons. The normalized spacial score (nSPS) is 20.9. The summed E-state index contributed by atoms with van der Waals surface area (Å²) in [5.74, 6) is -0.116. The van der Waals surface area contributed by atoms with Gasteiger partial charge in [0.05, 0.1) is 17.9 Å². The topological polar surface area (TPSA) is 92.1 Å². The Labute approximate surface area is 106 Å². The molecule has 1 aliphatic heterocycles. The van der Waals surface area contributed by atoms with Crippen LogP contribution in [0.2, 0.25) is 0 Å². The van der Waals surface area contributed by atoms with E-state index in [-0.39, 0.29) is 17.8 Å². The van der Waals surface area contributed by atoms with Gasteiger partial charge >= 0.3 is 0 Å². The molecule has 2 heterocycles. The van der Waals surface area contributed by atoms with Gasteiger partial charge in [0.1, 0.15) is 0 Å². The largest absolute Gasteiger partial charge is 0.457 e. The zero-order valence-corrected chi connectivity index (χ0v) is 10.6. The summed E-state index contributed by atoms with van der Waals surface area (Å²) in [5.41, 5.74) is 6.02. The average Bonchev–Trinajstić information content (AvgIpc) is 2.95. The SMILES string of the molecule is N/C(=N/O)C1CCCN1C(=O)c1ccoc1Br. The number of hydrogen-bond donors (Lipinski definition) is 2. The van der Waals surface area contributed by atoms with Gasteiger partial charge in [-0.25, -0.2) is 0 Å². The minimum atomic E-state index is -0.339. The minimum absolute atomic E-state index is 0.0652. The van der Waals surface area contributed by atoms with Gasteiger partial charge in [0.2, 0.25) is 0 Å². The number of halogens is 1. The summed E-state index contributed by atoms with van der Waals surface area (Å²) in [6, 6.07) is 1.25. The molecular weight excluding hydrogens is 290 g/mol. The van der Waals surface area contributed by atoms with Gasteiger partial charge in [0, 0.05) is 6.54 Å². The van der Waals surface area contributed by atoms with Gasteiger partial charge in [-0.2, -0.15) is 0 Å². The second-order valence-electron chi connectivity index (χ2n) is 3.79. The third-order valence-corrected chi connectivity index (χ3v) is 3.43. The van der Waals surface area contributed by atoms with Crippen LogP contribution >= 0.6 is 15.9 Å². The lowest BCUT2D eigenvalue weighted by Crippen LogP contribution is -2.43. The number of nitrogens with two attached hydrogens (primary N) is 1. The summed E-state index contributed by atoms with van der Waals surface area (Å²) in [5, 5.41) is 11.6. The van der Waals surface area contributed by atoms with Gasteiger partial charge in [-0.3, -0.25) is 4.79 Å². The summed E-state index contributed by atoms with van der Waals surface area (Å²) in [4.78, 5) is 13.8. The summed E-state index contributed by atoms with van der Waals surface area (Å²) in [6.45, 7) is 0.595. The van der Waals surface area contributed by atoms with Crippen LogP contribution in [0.5, 0.6) is 0 Å². The fourth-order valence-electron chi connectivity index (χ4n) is 1.98. The van der Waals surface area contributed by atoms with Crippen LogP contribution in [0.25, 0.3) is 0 Å². The first-order chi connectivity index (χ1) is 8.15. The monoisotopic (exact) mass is 301 g/mol. The van der Waals surface area contributed by atoms with Crippen molar-refractivity contribution in [2.45, 2.75) is 18.9 Å². The first kappa shape index (κ1) is 12.0. The van der Waals surface area contributed by atoms with Crippen molar-refractivity contribution >= 4 is 27.7 Å². The number of oxime groups is 1. The van der Waals surface area contributed by atoms with Crippen LogP contribution in [-0.2, 0) is 0 Å². The molecule has 7 heteroatoms. The molecule has 1 atom stereocenters. The molecule has 0 aliphatic carbocycles. The van der Waals surface area contributed by atoms with Gasteiger partial charge in [-0.05, 0) is 34.8 Å². The van der Waals surface area contributed by atoms with Crippen molar-refractivity contribution in [2.75, 3.05) is 6.54 Å². The number of amides is 1. The molecule has 17 heavy (non-hydrogen) atoms. The van der Waals surface area contributed by atoms with Crippen LogP contribution < -0.4 is 5.73 Å². The maximum atomic E-state index is 12.2. The maximum absolute atomic E-state index is 12.2. The molecule has 1 aromatic heterocycles. The van der Waals surface area contributed by atoms with Gasteiger partial charge in [-0.1, -0.05) is 5.16 Å². The lowest BCUT2D eigenvalue weighted by Gasteiger charge is -2.23. The zero-order chi connectivity index (χ0) is 12.4. The first-order valence-corrected chi connectivity index (χ1v) is 5.96. The summed E-state index contributed by atoms with van der Waals surface area (Å²) in [6.07, 6.45) is 2.98. The van der Waals surface area contributed by atoms with Crippen molar-refractivity contribution in [3.63, 3.8) is 0 Å². The second-order valence-corrected chi connectivity index (χ2v) is 4.51. The molecule has 1 aliphatic rings. The average molecular weight is 302 g/mol. The van der Waals surface area contributed by atoms with Crippen LogP contribution in [0.15, 0.2) is 26.6 Å². The number of amidine groups is 1. The zero-order valence-electron chi connectivity index (χ0n) is 8.97. The first-order valence-electron chi connectivity index (χ1n) is 5.16. The van der Waals surface area contributed by atoms with E-state index in [1.807, 2.05) is 0 Å². The fraction of sp³-hybridized carbons (Fsp3) is 0.400. The summed E-state index contributed by atoms with van der Waals surface area (Å²) < 4.78 is 5.42. The Morgan fingerprint density at radius 3 is 3.06 bits per heavy atom. The summed E-state index contributed by atoms with van der Waals surface area (Å²) in [7, 11) is 0. The number of hydrogen-bond acceptors (Lipinski definition) is 4. The van der Waals surface area contributed by atoms with Gasteiger partial charge in [-0.15, -0.1) is 0 Å². The Morgan fingerprint density at radius 1 is 1.71 bits per heavy atom. The van der Waals surface area contributed by atoms with Crippen LogP contribution in [0.4, 0.5) is 0 Å². The molecule has 1 fully saturated rings. The minimum Gasteiger partial charge on any atom is -0.457 e. The van der Waals surface area contributed by atoms with Crippen molar-refractivity contribution in [3.8, 4) is 0 Å². The highest BCUT2D eigenvalue weighted by Crippen LogP contribution is 2.24. The quantitative estimate of drug-likeness (QED) is 0.374. The Balaban J connectivity index is 2.23. The molecule has 1 unspecified atom stereocenters. The Hall–Kier alpha value is -1.50. The van der Waals surface area contributed by atoms with Crippen LogP contribution in [0.3, 0.4) is 0 Å².